The predicted molar refractivity (Wildman–Crippen MR) is 319 cm³/mol. The number of fused-ring (bicyclic) bond motifs is 11. The van der Waals surface area contributed by atoms with E-state index in [4.69, 9.17) is 9.97 Å². The van der Waals surface area contributed by atoms with Crippen molar-refractivity contribution in [1.29, 1.82) is 0 Å². The fourth-order valence-electron chi connectivity index (χ4n) is 10.4. The highest BCUT2D eigenvalue weighted by atomic mass is 32.1. The molecule has 4 heterocycles. The van der Waals surface area contributed by atoms with E-state index in [1.165, 1.54) is 80.3 Å². The first-order chi connectivity index (χ1) is 36.5. The van der Waals surface area contributed by atoms with E-state index in [0.717, 1.165) is 44.8 Å². The van der Waals surface area contributed by atoms with Crippen LogP contribution in [0.1, 0.15) is 6.92 Å². The summed E-state index contributed by atoms with van der Waals surface area (Å²) in [6.07, 6.45) is 5.03. The van der Waals surface area contributed by atoms with Crippen LogP contribution >= 0.6 is 11.3 Å². The molecule has 0 aliphatic heterocycles. The summed E-state index contributed by atoms with van der Waals surface area (Å²) in [7, 11) is 0. The Bertz CT molecular complexity index is 4380. The molecule has 4 aromatic heterocycles. The maximum atomic E-state index is 5.18. The summed E-state index contributed by atoms with van der Waals surface area (Å²) in [5.74, 6) is 0.689. The lowest BCUT2D eigenvalue weighted by atomic mass is 9.95. The normalized spacial score (nSPS) is 11.2. The number of hydrogen-bond donors (Lipinski definition) is 0. The average molecular weight is 967 g/mol. The van der Waals surface area contributed by atoms with Crippen molar-refractivity contribution in [3.05, 3.63) is 268 Å². The van der Waals surface area contributed by atoms with Crippen LogP contribution in [0.2, 0.25) is 0 Å². The Kier molecular flexibility index (Phi) is 12.1. The molecule has 0 saturated carbocycles. The van der Waals surface area contributed by atoms with E-state index in [-0.39, 0.29) is 0 Å². The number of aromatic nitrogens is 4. The van der Waals surface area contributed by atoms with Crippen LogP contribution in [-0.2, 0) is 0 Å². The number of para-hydroxylation sites is 2. The van der Waals surface area contributed by atoms with Gasteiger partial charge in [-0.15, -0.1) is 17.9 Å². The summed E-state index contributed by atoms with van der Waals surface area (Å²) in [6.45, 7) is 12.0. The minimum absolute atomic E-state index is 0.689. The standard InChI is InChI=1S/C62H38N4S.C4H6.C3H6/c1-3-17-40(18-4-1)53-38-54(41-19-5-2-6-20-41)64-62(63-53)44-22-15-23-45(35-44)65-55-27-12-9-24-47(55)51-36-43(31-33-57(51)65)50-37-52-48-25-10-13-28-56(48)66(46-32-30-39-16-7-8-21-42(39)34-46)60(52)61-59(50)49-26-11-14-29-58(49)67-61;1-3-4-2;1-3-2/h1-38H;3-4H,1-2H2;3H,1H2,2H3. The highest BCUT2D eigenvalue weighted by Crippen LogP contribution is 2.48. The number of hydrogen-bond acceptors (Lipinski definition) is 3. The second-order valence-electron chi connectivity index (χ2n) is 18.2. The van der Waals surface area contributed by atoms with E-state index >= 15 is 0 Å². The molecule has 0 spiro atoms. The summed E-state index contributed by atoms with van der Waals surface area (Å²) in [6, 6.07) is 83.2. The van der Waals surface area contributed by atoms with Gasteiger partial charge in [-0.1, -0.05) is 195 Å². The van der Waals surface area contributed by atoms with Crippen LogP contribution < -0.4 is 0 Å². The maximum absolute atomic E-state index is 5.18. The van der Waals surface area contributed by atoms with E-state index in [9.17, 15) is 0 Å². The van der Waals surface area contributed by atoms with Gasteiger partial charge in [-0.25, -0.2) is 9.97 Å². The van der Waals surface area contributed by atoms with Crippen LogP contribution in [0, 0.1) is 0 Å². The summed E-state index contributed by atoms with van der Waals surface area (Å²) in [4.78, 5) is 10.4. The smallest absolute Gasteiger partial charge is 0.160 e. The molecule has 0 atom stereocenters. The summed E-state index contributed by atoms with van der Waals surface area (Å²) < 4.78 is 7.47. The van der Waals surface area contributed by atoms with Crippen LogP contribution in [0.15, 0.2) is 268 Å². The Hall–Kier alpha value is -9.42. The van der Waals surface area contributed by atoms with Gasteiger partial charge in [0.05, 0.1) is 38.2 Å². The molecule has 5 heteroatoms. The maximum Gasteiger partial charge on any atom is 0.160 e. The first-order valence-corrected chi connectivity index (χ1v) is 25.7. The Balaban J connectivity index is 0.000000752. The highest BCUT2D eigenvalue weighted by Gasteiger charge is 2.23. The average Bonchev–Trinajstić information content (AvgIpc) is 4.14. The SMILES string of the molecule is C=CC.C=CC=C.c1ccc(-c2cc(-c3ccccc3)nc(-c3cccc(-n4c5ccccc5c5cc(-c6cc7c8ccccc8n(-c8ccc9ccccc9c8)c7c7sc8ccccc8c67)ccc54)c3)n2)cc1. The molecule has 352 valence electrons. The number of benzene rings is 10. The van der Waals surface area contributed by atoms with Gasteiger partial charge in [0.15, 0.2) is 5.82 Å². The highest BCUT2D eigenvalue weighted by molar-refractivity contribution is 7.26. The van der Waals surface area contributed by atoms with Crippen molar-refractivity contribution in [3.63, 3.8) is 0 Å². The number of nitrogens with zero attached hydrogens (tertiary/aromatic N) is 4. The van der Waals surface area contributed by atoms with Crippen molar-refractivity contribution in [2.75, 3.05) is 0 Å². The second-order valence-corrected chi connectivity index (χ2v) is 19.3. The lowest BCUT2D eigenvalue weighted by Crippen LogP contribution is -1.98. The second kappa shape index (κ2) is 19.6. The van der Waals surface area contributed by atoms with Crippen molar-refractivity contribution in [3.8, 4) is 56.4 Å². The monoisotopic (exact) mass is 966 g/mol. The quantitative estimate of drug-likeness (QED) is 0.118. The summed E-state index contributed by atoms with van der Waals surface area (Å²) in [5.41, 5.74) is 14.3. The van der Waals surface area contributed by atoms with Gasteiger partial charge in [-0.05, 0) is 95.6 Å². The van der Waals surface area contributed by atoms with E-state index < -0.39 is 0 Å². The largest absolute Gasteiger partial charge is 0.309 e. The van der Waals surface area contributed by atoms with Crippen molar-refractivity contribution >= 4 is 85.9 Å². The molecule has 0 radical (unpaired) electrons. The van der Waals surface area contributed by atoms with Crippen molar-refractivity contribution in [2.24, 2.45) is 0 Å². The molecule has 0 amide bonds. The van der Waals surface area contributed by atoms with Crippen LogP contribution in [0.25, 0.3) is 131 Å². The fourth-order valence-corrected chi connectivity index (χ4v) is 11.7. The molecular weight excluding hydrogens is 917 g/mol. The Labute approximate surface area is 434 Å². The van der Waals surface area contributed by atoms with Gasteiger partial charge < -0.3 is 9.13 Å². The molecule has 10 aromatic carbocycles. The number of allylic oxidation sites excluding steroid dienone is 3. The van der Waals surface area contributed by atoms with Crippen molar-refractivity contribution < 1.29 is 0 Å². The fraction of sp³-hybridized carbons (Fsp3) is 0.0145. The molecule has 0 bridgehead atoms. The van der Waals surface area contributed by atoms with Gasteiger partial charge in [0, 0.05) is 65.1 Å². The third-order valence-electron chi connectivity index (χ3n) is 13.7. The molecule has 0 unspecified atom stereocenters. The zero-order valence-electron chi connectivity index (χ0n) is 41.0. The third kappa shape index (κ3) is 8.06. The molecule has 0 N–H and O–H groups in total. The van der Waals surface area contributed by atoms with Gasteiger partial charge >= 0.3 is 0 Å². The molecule has 14 aromatic rings. The minimum Gasteiger partial charge on any atom is -0.309 e. The lowest BCUT2D eigenvalue weighted by Gasteiger charge is -2.13. The van der Waals surface area contributed by atoms with Gasteiger partial charge in [0.25, 0.3) is 0 Å². The van der Waals surface area contributed by atoms with E-state index in [2.05, 4.69) is 247 Å². The van der Waals surface area contributed by atoms with Crippen LogP contribution in [0.4, 0.5) is 0 Å². The van der Waals surface area contributed by atoms with E-state index in [0.29, 0.717) is 5.82 Å². The molecule has 0 fully saturated rings. The molecule has 0 aliphatic carbocycles. The lowest BCUT2D eigenvalue weighted by molar-refractivity contribution is 1.16. The van der Waals surface area contributed by atoms with E-state index in [1.807, 2.05) is 30.4 Å². The topological polar surface area (TPSA) is 35.6 Å². The summed E-state index contributed by atoms with van der Waals surface area (Å²) >= 11 is 1.90. The Morgan fingerprint density at radius 2 is 0.959 bits per heavy atom. The molecule has 4 nitrogen and oxygen atoms in total. The van der Waals surface area contributed by atoms with Gasteiger partial charge in [-0.2, -0.15) is 0 Å². The van der Waals surface area contributed by atoms with Crippen LogP contribution in [-0.4, -0.2) is 19.1 Å². The molecular formula is C69H50N4S. The molecule has 74 heavy (non-hydrogen) atoms. The van der Waals surface area contributed by atoms with E-state index in [1.54, 1.807) is 18.2 Å². The molecule has 14 rings (SSSR count). The van der Waals surface area contributed by atoms with Crippen molar-refractivity contribution in [1.82, 2.24) is 19.1 Å². The van der Waals surface area contributed by atoms with Crippen LogP contribution in [0.3, 0.4) is 0 Å². The number of rotatable bonds is 7. The number of thiophene rings is 1. The van der Waals surface area contributed by atoms with Crippen molar-refractivity contribution in [2.45, 2.75) is 6.92 Å². The predicted octanol–water partition coefficient (Wildman–Crippen LogP) is 19.4. The minimum atomic E-state index is 0.689. The van der Waals surface area contributed by atoms with Gasteiger partial charge in [0.2, 0.25) is 0 Å². The Morgan fingerprint density at radius 3 is 1.65 bits per heavy atom. The first-order valence-electron chi connectivity index (χ1n) is 24.9. The van der Waals surface area contributed by atoms with Gasteiger partial charge in [-0.3, -0.25) is 0 Å². The first kappa shape index (κ1) is 45.7. The third-order valence-corrected chi connectivity index (χ3v) is 14.8. The molecule has 0 aliphatic rings. The zero-order chi connectivity index (χ0) is 50.1. The van der Waals surface area contributed by atoms with Gasteiger partial charge in [0.1, 0.15) is 0 Å². The Morgan fingerprint density at radius 1 is 0.405 bits per heavy atom. The van der Waals surface area contributed by atoms with Crippen LogP contribution in [0.5, 0.6) is 0 Å². The molecule has 0 saturated heterocycles. The zero-order valence-corrected chi connectivity index (χ0v) is 41.8. The summed E-state index contributed by atoms with van der Waals surface area (Å²) in [5, 5.41) is 9.97.